The molecule has 0 saturated carbocycles. The molecule has 12 rings (SSSR count). The molecule has 8 nitrogen and oxygen atoms in total. The van der Waals surface area contributed by atoms with E-state index < -0.39 is 0 Å². The second-order valence-electron chi connectivity index (χ2n) is 14.1. The number of hydrogen-bond acceptors (Lipinski definition) is 6. The van der Waals surface area contributed by atoms with Crippen LogP contribution in [0.4, 0.5) is 0 Å². The molecule has 57 heavy (non-hydrogen) atoms. The van der Waals surface area contributed by atoms with Crippen LogP contribution in [-0.2, 0) is 0 Å². The first-order chi connectivity index (χ1) is 28.3. The second-order valence-corrected chi connectivity index (χ2v) is 14.1. The first kappa shape index (κ1) is 31.4. The smallest absolute Gasteiger partial charge is 0.165 e. The molecule has 0 aliphatic carbocycles. The molecule has 0 radical (unpaired) electrons. The van der Waals surface area contributed by atoms with Crippen molar-refractivity contribution in [3.8, 4) is 45.5 Å². The number of benzene rings is 6. The van der Waals surface area contributed by atoms with Crippen LogP contribution in [0.3, 0.4) is 0 Å². The van der Waals surface area contributed by atoms with Gasteiger partial charge < -0.3 is 13.6 Å². The van der Waals surface area contributed by atoms with Gasteiger partial charge in [0.05, 0.1) is 45.2 Å². The molecule has 6 aromatic heterocycles. The summed E-state index contributed by atoms with van der Waals surface area (Å²) in [4.78, 5) is 24.8. The SMILES string of the molecule is c1ccc(-c2nc(-c3ccccc3)nc(-c3ccc(-n4c5ccccc5c5c6oc7c(ncc8c7c7ccccc7n8-c7ccccc7)c6ncc54)cc3)n2)cc1. The van der Waals surface area contributed by atoms with Crippen molar-refractivity contribution in [1.82, 2.24) is 34.1 Å². The van der Waals surface area contributed by atoms with Crippen molar-refractivity contribution in [1.29, 1.82) is 0 Å². The molecule has 8 heteroatoms. The largest absolute Gasteiger partial charge is 0.451 e. The molecule has 6 heterocycles. The van der Waals surface area contributed by atoms with E-state index in [0.29, 0.717) is 17.5 Å². The molecule has 6 aromatic carbocycles. The van der Waals surface area contributed by atoms with Crippen LogP contribution in [0, 0.1) is 0 Å². The summed E-state index contributed by atoms with van der Waals surface area (Å²) in [6.07, 6.45) is 3.90. The highest BCUT2D eigenvalue weighted by molar-refractivity contribution is 6.26. The number of aromatic nitrogens is 7. The van der Waals surface area contributed by atoms with Gasteiger partial charge in [-0.15, -0.1) is 0 Å². The van der Waals surface area contributed by atoms with Crippen molar-refractivity contribution in [2.75, 3.05) is 0 Å². The van der Waals surface area contributed by atoms with Crippen molar-refractivity contribution < 1.29 is 4.42 Å². The highest BCUT2D eigenvalue weighted by Crippen LogP contribution is 2.43. The summed E-state index contributed by atoms with van der Waals surface area (Å²) in [6, 6.07) is 55.7. The van der Waals surface area contributed by atoms with Crippen molar-refractivity contribution >= 4 is 65.8 Å². The minimum absolute atomic E-state index is 0.606. The Morgan fingerprint density at radius 3 is 1.21 bits per heavy atom. The number of hydrogen-bond donors (Lipinski definition) is 0. The van der Waals surface area contributed by atoms with E-state index in [0.717, 1.165) is 93.9 Å². The van der Waals surface area contributed by atoms with Gasteiger partial charge in [0.25, 0.3) is 0 Å². The molecule has 0 unspecified atom stereocenters. The van der Waals surface area contributed by atoms with Crippen LogP contribution in [0.2, 0.25) is 0 Å². The molecule has 0 bridgehead atoms. The fourth-order valence-electron chi connectivity index (χ4n) is 8.32. The minimum atomic E-state index is 0.606. The molecule has 0 spiro atoms. The fourth-order valence-corrected chi connectivity index (χ4v) is 8.32. The maximum atomic E-state index is 6.99. The van der Waals surface area contributed by atoms with E-state index in [9.17, 15) is 0 Å². The van der Waals surface area contributed by atoms with E-state index in [1.165, 1.54) is 0 Å². The Kier molecular flexibility index (Phi) is 6.76. The molecular formula is C49H29N7O. The van der Waals surface area contributed by atoms with Gasteiger partial charge in [-0.25, -0.2) is 24.9 Å². The monoisotopic (exact) mass is 731 g/mol. The number of furan rings is 1. The molecule has 0 N–H and O–H groups in total. The van der Waals surface area contributed by atoms with Crippen LogP contribution in [0.5, 0.6) is 0 Å². The van der Waals surface area contributed by atoms with Crippen molar-refractivity contribution in [3.63, 3.8) is 0 Å². The minimum Gasteiger partial charge on any atom is -0.451 e. The summed E-state index contributed by atoms with van der Waals surface area (Å²) >= 11 is 0. The van der Waals surface area contributed by atoms with Gasteiger partial charge in [0.15, 0.2) is 28.6 Å². The Bertz CT molecular complexity index is 3440. The van der Waals surface area contributed by atoms with Gasteiger partial charge in [-0.1, -0.05) is 115 Å². The number of nitrogens with zero attached hydrogens (tertiary/aromatic N) is 7. The Morgan fingerprint density at radius 1 is 0.351 bits per heavy atom. The molecule has 0 atom stereocenters. The summed E-state index contributed by atoms with van der Waals surface area (Å²) in [5.74, 6) is 1.86. The first-order valence-electron chi connectivity index (χ1n) is 18.8. The van der Waals surface area contributed by atoms with E-state index in [4.69, 9.17) is 29.3 Å². The molecular weight excluding hydrogens is 703 g/mol. The topological polar surface area (TPSA) is 87.5 Å². The number of fused-ring (bicyclic) bond motifs is 11. The van der Waals surface area contributed by atoms with Gasteiger partial charge in [-0.05, 0) is 48.5 Å². The maximum Gasteiger partial charge on any atom is 0.165 e. The van der Waals surface area contributed by atoms with E-state index in [1.54, 1.807) is 0 Å². The van der Waals surface area contributed by atoms with Gasteiger partial charge in [0.1, 0.15) is 11.0 Å². The van der Waals surface area contributed by atoms with Gasteiger partial charge in [0.2, 0.25) is 0 Å². The van der Waals surface area contributed by atoms with Crippen LogP contribution in [0.1, 0.15) is 0 Å². The summed E-state index contributed by atoms with van der Waals surface area (Å²) in [5, 5.41) is 4.19. The first-order valence-corrected chi connectivity index (χ1v) is 18.8. The standard InChI is InChI=1S/C49H29N7O/c1-4-14-30(15-5-1)47-52-48(31-16-6-2-7-17-31)54-49(53-47)32-24-26-34(27-25-32)56-38-23-13-11-21-36(38)42-40(56)29-51-44-43-45(57-46(42)44)41-35-20-10-12-22-37(35)55(39(41)28-50-43)33-18-8-3-9-19-33/h1-29H. The van der Waals surface area contributed by atoms with Gasteiger partial charge in [-0.2, -0.15) is 0 Å². The average Bonchev–Trinajstić information content (AvgIpc) is 3.95. The lowest BCUT2D eigenvalue weighted by Crippen LogP contribution is -2.00. The third-order valence-corrected chi connectivity index (χ3v) is 10.9. The van der Waals surface area contributed by atoms with Crippen molar-refractivity contribution in [3.05, 3.63) is 176 Å². The summed E-state index contributed by atoms with van der Waals surface area (Å²) in [6.45, 7) is 0. The van der Waals surface area contributed by atoms with Gasteiger partial charge >= 0.3 is 0 Å². The Morgan fingerprint density at radius 2 is 0.737 bits per heavy atom. The quantitative estimate of drug-likeness (QED) is 0.175. The zero-order valence-electron chi connectivity index (χ0n) is 30.3. The Hall–Kier alpha value is -7.97. The van der Waals surface area contributed by atoms with Crippen LogP contribution >= 0.6 is 0 Å². The molecule has 0 aliphatic rings. The lowest BCUT2D eigenvalue weighted by atomic mass is 10.1. The molecule has 0 fully saturated rings. The number of para-hydroxylation sites is 3. The maximum absolute atomic E-state index is 6.99. The third kappa shape index (κ3) is 4.77. The van der Waals surface area contributed by atoms with Crippen LogP contribution in [0.15, 0.2) is 181 Å². The van der Waals surface area contributed by atoms with Crippen molar-refractivity contribution in [2.24, 2.45) is 0 Å². The predicted octanol–water partition coefficient (Wildman–Crippen LogP) is 11.8. The van der Waals surface area contributed by atoms with Gasteiger partial charge in [-0.3, -0.25) is 0 Å². The van der Waals surface area contributed by atoms with Crippen molar-refractivity contribution in [2.45, 2.75) is 0 Å². The molecule has 0 amide bonds. The van der Waals surface area contributed by atoms with E-state index >= 15 is 0 Å². The fraction of sp³-hybridized carbons (Fsp3) is 0. The highest BCUT2D eigenvalue weighted by Gasteiger charge is 2.24. The molecule has 266 valence electrons. The van der Waals surface area contributed by atoms with Crippen LogP contribution in [-0.4, -0.2) is 34.1 Å². The van der Waals surface area contributed by atoms with E-state index in [2.05, 4.69) is 106 Å². The molecule has 12 aromatic rings. The Balaban J connectivity index is 1.04. The third-order valence-electron chi connectivity index (χ3n) is 10.9. The molecule has 0 saturated heterocycles. The summed E-state index contributed by atoms with van der Waals surface area (Å²) < 4.78 is 11.5. The molecule has 0 aliphatic heterocycles. The zero-order chi connectivity index (χ0) is 37.5. The summed E-state index contributed by atoms with van der Waals surface area (Å²) in [7, 11) is 0. The zero-order valence-corrected chi connectivity index (χ0v) is 30.3. The average molecular weight is 732 g/mol. The lowest BCUT2D eigenvalue weighted by molar-refractivity contribution is 0.675. The number of pyridine rings is 2. The second kappa shape index (κ2) is 12.3. The lowest BCUT2D eigenvalue weighted by Gasteiger charge is -2.10. The van der Waals surface area contributed by atoms with Gasteiger partial charge in [0, 0.05) is 38.8 Å². The summed E-state index contributed by atoms with van der Waals surface area (Å²) in [5.41, 5.74) is 11.8. The number of rotatable bonds is 5. The van der Waals surface area contributed by atoms with E-state index in [1.807, 2.05) is 79.1 Å². The Labute approximate surface area is 325 Å². The van der Waals surface area contributed by atoms with E-state index in [-0.39, 0.29) is 0 Å². The van der Waals surface area contributed by atoms with Crippen LogP contribution in [0.25, 0.3) is 111 Å². The predicted molar refractivity (Wildman–Crippen MR) is 228 cm³/mol. The normalized spacial score (nSPS) is 11.9. The van der Waals surface area contributed by atoms with Crippen LogP contribution < -0.4 is 0 Å². The highest BCUT2D eigenvalue weighted by atomic mass is 16.3.